The minimum Gasteiger partial charge on any atom is -0.386 e. The van der Waals surface area contributed by atoms with Gasteiger partial charge in [0.25, 0.3) is 0 Å². The summed E-state index contributed by atoms with van der Waals surface area (Å²) < 4.78 is 5.58. The Hall–Kier alpha value is -0.570. The molecule has 1 aromatic carbocycles. The molecule has 2 unspecified atom stereocenters. The summed E-state index contributed by atoms with van der Waals surface area (Å²) >= 11 is 6.09. The third-order valence-electron chi connectivity index (χ3n) is 3.55. The van der Waals surface area contributed by atoms with Crippen LogP contribution in [0.2, 0.25) is 5.02 Å². The Morgan fingerprint density at radius 1 is 1.43 bits per heavy atom. The molecule has 0 spiro atoms. The van der Waals surface area contributed by atoms with Crippen LogP contribution in [0.4, 0.5) is 0 Å². The van der Waals surface area contributed by atoms with Crippen LogP contribution in [0.15, 0.2) is 29.3 Å². The molecule has 7 heteroatoms. The zero-order valence-corrected chi connectivity index (χ0v) is 16.4. The summed E-state index contributed by atoms with van der Waals surface area (Å²) in [5.41, 5.74) is 0.697. The predicted molar refractivity (Wildman–Crippen MR) is 105 cm³/mol. The summed E-state index contributed by atoms with van der Waals surface area (Å²) in [7, 11) is 0. The molecule has 2 atom stereocenters. The first-order valence-corrected chi connectivity index (χ1v) is 8.14. The van der Waals surface area contributed by atoms with Crippen molar-refractivity contribution >= 4 is 41.5 Å². The molecule has 1 aromatic rings. The van der Waals surface area contributed by atoms with E-state index in [0.29, 0.717) is 16.5 Å². The lowest BCUT2D eigenvalue weighted by Gasteiger charge is -2.16. The zero-order chi connectivity index (χ0) is 15.8. The van der Waals surface area contributed by atoms with Crippen molar-refractivity contribution in [3.05, 3.63) is 34.9 Å². The van der Waals surface area contributed by atoms with E-state index in [-0.39, 0.29) is 36.6 Å². The minimum absolute atomic E-state index is 0. The Kier molecular flexibility index (Phi) is 9.85. The van der Waals surface area contributed by atoms with Crippen LogP contribution in [0, 0.1) is 0 Å². The summed E-state index contributed by atoms with van der Waals surface area (Å²) in [6, 6.07) is 7.28. The fourth-order valence-electron chi connectivity index (χ4n) is 2.38. The highest BCUT2D eigenvalue weighted by Gasteiger charge is 2.16. The summed E-state index contributed by atoms with van der Waals surface area (Å²) in [6.45, 7) is 4.59. The summed E-state index contributed by atoms with van der Waals surface area (Å²) in [5, 5.41) is 17.2. The molecule has 1 saturated heterocycles. The van der Waals surface area contributed by atoms with E-state index >= 15 is 0 Å². The number of aliphatic hydroxyl groups is 1. The Bertz CT molecular complexity index is 496. The lowest BCUT2D eigenvalue weighted by molar-refractivity contribution is 0.113. The van der Waals surface area contributed by atoms with E-state index in [1.807, 2.05) is 25.1 Å². The molecule has 0 bridgehead atoms. The first-order valence-electron chi connectivity index (χ1n) is 7.77. The van der Waals surface area contributed by atoms with Gasteiger partial charge < -0.3 is 20.5 Å². The SMILES string of the molecule is CCNC(=NCC(O)c1ccccc1Cl)NCC1CCCO1.I. The van der Waals surface area contributed by atoms with E-state index in [2.05, 4.69) is 15.6 Å². The number of nitrogens with zero attached hydrogens (tertiary/aromatic N) is 1. The number of halogens is 2. The lowest BCUT2D eigenvalue weighted by Crippen LogP contribution is -2.41. The van der Waals surface area contributed by atoms with Crippen molar-refractivity contribution in [3.8, 4) is 0 Å². The second kappa shape index (κ2) is 11.1. The monoisotopic (exact) mass is 453 g/mol. The molecule has 1 heterocycles. The third kappa shape index (κ3) is 6.82. The molecular formula is C16H25ClIN3O2. The highest BCUT2D eigenvalue weighted by molar-refractivity contribution is 14.0. The molecule has 1 fully saturated rings. The summed E-state index contributed by atoms with van der Waals surface area (Å²) in [5.74, 6) is 0.684. The standard InChI is InChI=1S/C16H24ClN3O2.HI/c1-2-18-16(19-10-12-6-5-9-22-12)20-11-15(21)13-7-3-4-8-14(13)17;/h3-4,7-8,12,15,21H,2,5-6,9-11H2,1H3,(H2,18,19,20);1H. The third-order valence-corrected chi connectivity index (χ3v) is 3.90. The van der Waals surface area contributed by atoms with E-state index in [9.17, 15) is 5.11 Å². The largest absolute Gasteiger partial charge is 0.386 e. The van der Waals surface area contributed by atoms with Gasteiger partial charge in [-0.05, 0) is 25.8 Å². The first-order chi connectivity index (χ1) is 10.7. The molecule has 2 rings (SSSR count). The van der Waals surface area contributed by atoms with Gasteiger partial charge in [-0.1, -0.05) is 29.8 Å². The number of rotatable bonds is 6. The van der Waals surface area contributed by atoms with Crippen molar-refractivity contribution in [1.82, 2.24) is 10.6 Å². The van der Waals surface area contributed by atoms with E-state index in [0.717, 1.165) is 32.5 Å². The Balaban J connectivity index is 0.00000264. The van der Waals surface area contributed by atoms with Gasteiger partial charge in [0.05, 0.1) is 12.6 Å². The topological polar surface area (TPSA) is 65.9 Å². The van der Waals surface area contributed by atoms with Gasteiger partial charge in [-0.3, -0.25) is 4.99 Å². The van der Waals surface area contributed by atoms with Gasteiger partial charge in [-0.15, -0.1) is 24.0 Å². The molecule has 0 aromatic heterocycles. The normalized spacial score (nSPS) is 19.1. The Morgan fingerprint density at radius 3 is 2.87 bits per heavy atom. The van der Waals surface area contributed by atoms with Gasteiger partial charge in [0.15, 0.2) is 5.96 Å². The van der Waals surface area contributed by atoms with Crippen LogP contribution in [0.3, 0.4) is 0 Å². The number of benzene rings is 1. The minimum atomic E-state index is -0.716. The molecular weight excluding hydrogens is 429 g/mol. The fraction of sp³-hybridized carbons (Fsp3) is 0.562. The van der Waals surface area contributed by atoms with E-state index in [1.165, 1.54) is 0 Å². The van der Waals surface area contributed by atoms with Crippen molar-refractivity contribution in [1.29, 1.82) is 0 Å². The van der Waals surface area contributed by atoms with Crippen molar-refractivity contribution in [2.75, 3.05) is 26.2 Å². The van der Waals surface area contributed by atoms with E-state index in [1.54, 1.807) is 6.07 Å². The smallest absolute Gasteiger partial charge is 0.191 e. The van der Waals surface area contributed by atoms with Crippen LogP contribution >= 0.6 is 35.6 Å². The van der Waals surface area contributed by atoms with Crippen molar-refractivity contribution in [2.24, 2.45) is 4.99 Å². The van der Waals surface area contributed by atoms with Gasteiger partial charge >= 0.3 is 0 Å². The first kappa shape index (κ1) is 20.5. The molecule has 5 nitrogen and oxygen atoms in total. The van der Waals surface area contributed by atoms with Gasteiger partial charge in [0, 0.05) is 30.3 Å². The molecule has 0 aliphatic carbocycles. The maximum Gasteiger partial charge on any atom is 0.191 e. The Morgan fingerprint density at radius 2 is 2.22 bits per heavy atom. The number of ether oxygens (including phenoxy) is 1. The average molecular weight is 454 g/mol. The molecule has 3 N–H and O–H groups in total. The van der Waals surface area contributed by atoms with Gasteiger partial charge in [0.1, 0.15) is 6.10 Å². The van der Waals surface area contributed by atoms with Crippen molar-refractivity contribution in [2.45, 2.75) is 32.0 Å². The van der Waals surface area contributed by atoms with Gasteiger partial charge in [0.2, 0.25) is 0 Å². The number of hydrogen-bond donors (Lipinski definition) is 3. The summed E-state index contributed by atoms with van der Waals surface area (Å²) in [4.78, 5) is 4.42. The average Bonchev–Trinajstić information content (AvgIpc) is 3.03. The van der Waals surface area contributed by atoms with Crippen LogP contribution in [-0.4, -0.2) is 43.4 Å². The van der Waals surface area contributed by atoms with Crippen LogP contribution in [0.25, 0.3) is 0 Å². The number of aliphatic imine (C=N–C) groups is 1. The number of hydrogen-bond acceptors (Lipinski definition) is 3. The fourth-order valence-corrected chi connectivity index (χ4v) is 2.64. The molecule has 0 amide bonds. The van der Waals surface area contributed by atoms with Crippen molar-refractivity contribution < 1.29 is 9.84 Å². The van der Waals surface area contributed by atoms with Gasteiger partial charge in [-0.2, -0.15) is 0 Å². The highest BCUT2D eigenvalue weighted by atomic mass is 127. The van der Waals surface area contributed by atoms with Crippen LogP contribution in [0.5, 0.6) is 0 Å². The van der Waals surface area contributed by atoms with E-state index in [4.69, 9.17) is 16.3 Å². The maximum absolute atomic E-state index is 10.2. The predicted octanol–water partition coefficient (Wildman–Crippen LogP) is 2.73. The van der Waals surface area contributed by atoms with E-state index < -0.39 is 6.10 Å². The second-order valence-electron chi connectivity index (χ2n) is 5.27. The molecule has 130 valence electrons. The molecule has 1 aliphatic rings. The lowest BCUT2D eigenvalue weighted by atomic mass is 10.1. The maximum atomic E-state index is 10.2. The molecule has 1 aliphatic heterocycles. The molecule has 23 heavy (non-hydrogen) atoms. The van der Waals surface area contributed by atoms with Gasteiger partial charge in [-0.25, -0.2) is 0 Å². The van der Waals surface area contributed by atoms with Crippen molar-refractivity contribution in [3.63, 3.8) is 0 Å². The Labute approximate surface area is 159 Å². The number of guanidine groups is 1. The van der Waals surface area contributed by atoms with Crippen LogP contribution in [0.1, 0.15) is 31.4 Å². The highest BCUT2D eigenvalue weighted by Crippen LogP contribution is 2.22. The van der Waals surface area contributed by atoms with Crippen LogP contribution in [-0.2, 0) is 4.74 Å². The second-order valence-corrected chi connectivity index (χ2v) is 5.68. The molecule has 0 saturated carbocycles. The zero-order valence-electron chi connectivity index (χ0n) is 13.3. The summed E-state index contributed by atoms with van der Waals surface area (Å²) in [6.07, 6.45) is 1.73. The number of aliphatic hydroxyl groups excluding tert-OH is 1. The van der Waals surface area contributed by atoms with Crippen LogP contribution < -0.4 is 10.6 Å². The quantitative estimate of drug-likeness (QED) is 0.352. The molecule has 0 radical (unpaired) electrons. The number of nitrogens with one attached hydrogen (secondary N) is 2.